The van der Waals surface area contributed by atoms with Crippen LogP contribution in [0.25, 0.3) is 0 Å². The zero-order valence-corrected chi connectivity index (χ0v) is 11.9. The van der Waals surface area contributed by atoms with Gasteiger partial charge in [-0.2, -0.15) is 0 Å². The third-order valence-electron chi connectivity index (χ3n) is 2.64. The van der Waals surface area contributed by atoms with E-state index in [9.17, 15) is 17.6 Å². The van der Waals surface area contributed by atoms with Gasteiger partial charge in [-0.25, -0.2) is 17.6 Å². The van der Waals surface area contributed by atoms with Gasteiger partial charge in [0.05, 0.1) is 10.6 Å². The average molecular weight is 315 g/mol. The largest absolute Gasteiger partial charge is 0.477 e. The molecule has 0 aliphatic rings. The van der Waals surface area contributed by atoms with Gasteiger partial charge in [-0.3, -0.25) is 4.31 Å². The molecular weight excluding hydrogens is 305 g/mol. The van der Waals surface area contributed by atoms with Crippen LogP contribution in [-0.2, 0) is 10.0 Å². The van der Waals surface area contributed by atoms with Crippen molar-refractivity contribution in [3.8, 4) is 0 Å². The number of halogens is 1. The molecule has 2 rings (SSSR count). The Hall–Kier alpha value is -1.93. The maximum atomic E-state index is 13.6. The van der Waals surface area contributed by atoms with Gasteiger partial charge >= 0.3 is 5.97 Å². The van der Waals surface area contributed by atoms with Crippen LogP contribution < -0.4 is 4.31 Å². The second-order valence-corrected chi connectivity index (χ2v) is 6.76. The van der Waals surface area contributed by atoms with Crippen molar-refractivity contribution in [3.63, 3.8) is 0 Å². The number of nitrogens with zero attached hydrogens (tertiary/aromatic N) is 1. The van der Waals surface area contributed by atoms with Crippen molar-refractivity contribution in [3.05, 3.63) is 46.4 Å². The molecule has 0 aliphatic carbocycles. The molecule has 0 bridgehead atoms. The van der Waals surface area contributed by atoms with Crippen LogP contribution in [0, 0.1) is 5.82 Å². The van der Waals surface area contributed by atoms with E-state index in [0.717, 1.165) is 27.8 Å². The number of carboxylic acids is 1. The van der Waals surface area contributed by atoms with E-state index in [4.69, 9.17) is 5.11 Å². The van der Waals surface area contributed by atoms with Gasteiger partial charge < -0.3 is 5.11 Å². The quantitative estimate of drug-likeness (QED) is 0.940. The van der Waals surface area contributed by atoms with Gasteiger partial charge in [0.15, 0.2) is 0 Å². The van der Waals surface area contributed by atoms with Crippen LogP contribution in [0.5, 0.6) is 0 Å². The summed E-state index contributed by atoms with van der Waals surface area (Å²) < 4.78 is 39.0. The van der Waals surface area contributed by atoms with Crippen molar-refractivity contribution in [2.45, 2.75) is 4.90 Å². The van der Waals surface area contributed by atoms with Crippen LogP contribution in [0.3, 0.4) is 0 Å². The molecule has 0 aliphatic heterocycles. The standard InChI is InChI=1S/C12H10FNO4S2/c1-14(10-5-3-2-4-9(10)13)20(17,18)8-6-11(12(15)16)19-7-8/h2-7H,1H3,(H,15,16). The summed E-state index contributed by atoms with van der Waals surface area (Å²) in [5.41, 5.74) is -0.101. The van der Waals surface area contributed by atoms with E-state index in [0.29, 0.717) is 0 Å². The first-order chi connectivity index (χ1) is 9.34. The number of benzene rings is 1. The molecule has 0 saturated heterocycles. The van der Waals surface area contributed by atoms with Crippen LogP contribution in [0.15, 0.2) is 40.6 Å². The number of carbonyl (C=O) groups is 1. The minimum absolute atomic E-state index is 0.0921. The number of thiophene rings is 1. The first kappa shape index (κ1) is 14.5. The first-order valence-corrected chi connectivity index (χ1v) is 7.71. The number of sulfonamides is 1. The van der Waals surface area contributed by atoms with Crippen LogP contribution in [-0.4, -0.2) is 26.5 Å². The van der Waals surface area contributed by atoms with Crippen LogP contribution in [0.1, 0.15) is 9.67 Å². The number of para-hydroxylation sites is 1. The van der Waals surface area contributed by atoms with E-state index in [1.807, 2.05) is 0 Å². The molecule has 0 unspecified atom stereocenters. The minimum Gasteiger partial charge on any atom is -0.477 e. The highest BCUT2D eigenvalue weighted by molar-refractivity contribution is 7.93. The Morgan fingerprint density at radius 1 is 1.35 bits per heavy atom. The van der Waals surface area contributed by atoms with Gasteiger partial charge in [0.25, 0.3) is 10.0 Å². The Morgan fingerprint density at radius 3 is 2.55 bits per heavy atom. The molecule has 0 amide bonds. The maximum Gasteiger partial charge on any atom is 0.345 e. The third-order valence-corrected chi connectivity index (χ3v) is 5.45. The van der Waals surface area contributed by atoms with Gasteiger partial charge in [-0.15, -0.1) is 11.3 Å². The van der Waals surface area contributed by atoms with E-state index in [2.05, 4.69) is 0 Å². The van der Waals surface area contributed by atoms with Crippen molar-refractivity contribution < 1.29 is 22.7 Å². The Bertz CT molecular complexity index is 754. The SMILES string of the molecule is CN(c1ccccc1F)S(=O)(=O)c1csc(C(=O)O)c1. The summed E-state index contributed by atoms with van der Waals surface area (Å²) in [7, 11) is -2.77. The maximum absolute atomic E-state index is 13.6. The number of hydrogen-bond acceptors (Lipinski definition) is 4. The Kier molecular flexibility index (Phi) is 3.78. The molecule has 0 spiro atoms. The smallest absolute Gasteiger partial charge is 0.345 e. The fraction of sp³-hybridized carbons (Fsp3) is 0.0833. The predicted molar refractivity (Wildman–Crippen MR) is 73.3 cm³/mol. The Balaban J connectivity index is 2.44. The van der Waals surface area contributed by atoms with Crippen molar-refractivity contribution in [1.82, 2.24) is 0 Å². The molecule has 0 atom stereocenters. The molecule has 1 aromatic heterocycles. The van der Waals surface area contributed by atoms with Crippen molar-refractivity contribution in [2.75, 3.05) is 11.4 Å². The summed E-state index contributed by atoms with van der Waals surface area (Å²) in [5, 5.41) is 10.0. The predicted octanol–water partition coefficient (Wildman–Crippen LogP) is 2.41. The summed E-state index contributed by atoms with van der Waals surface area (Å²) >= 11 is 0.802. The summed E-state index contributed by atoms with van der Waals surface area (Å²) in [5.74, 6) is -1.88. The van der Waals surface area contributed by atoms with E-state index in [1.54, 1.807) is 0 Å². The number of carboxylic acid groups (broad SMARTS) is 1. The van der Waals surface area contributed by atoms with Crippen molar-refractivity contribution in [2.24, 2.45) is 0 Å². The molecule has 1 aromatic carbocycles. The summed E-state index contributed by atoms with van der Waals surface area (Å²) in [4.78, 5) is 10.5. The van der Waals surface area contributed by atoms with Crippen LogP contribution >= 0.6 is 11.3 Å². The molecule has 0 radical (unpaired) electrons. The third kappa shape index (κ3) is 2.52. The monoisotopic (exact) mass is 315 g/mol. The highest BCUT2D eigenvalue weighted by Gasteiger charge is 2.25. The van der Waals surface area contributed by atoms with Gasteiger partial charge in [-0.1, -0.05) is 12.1 Å². The summed E-state index contributed by atoms with van der Waals surface area (Å²) in [6.45, 7) is 0. The normalized spacial score (nSPS) is 11.3. The second-order valence-electron chi connectivity index (χ2n) is 3.88. The van der Waals surface area contributed by atoms with Crippen molar-refractivity contribution in [1.29, 1.82) is 0 Å². The minimum atomic E-state index is -3.99. The summed E-state index contributed by atoms with van der Waals surface area (Å²) in [6.07, 6.45) is 0. The van der Waals surface area contributed by atoms with Gasteiger partial charge in [0, 0.05) is 12.4 Å². The number of aromatic carboxylic acids is 1. The van der Waals surface area contributed by atoms with Gasteiger partial charge in [0.2, 0.25) is 0 Å². The molecule has 0 saturated carbocycles. The van der Waals surface area contributed by atoms with E-state index in [-0.39, 0.29) is 15.5 Å². The highest BCUT2D eigenvalue weighted by atomic mass is 32.2. The number of anilines is 1. The molecule has 0 fully saturated rings. The lowest BCUT2D eigenvalue weighted by Gasteiger charge is -2.19. The van der Waals surface area contributed by atoms with Gasteiger partial charge in [-0.05, 0) is 18.2 Å². The topological polar surface area (TPSA) is 74.7 Å². The molecule has 20 heavy (non-hydrogen) atoms. The molecule has 1 N–H and O–H groups in total. The fourth-order valence-corrected chi connectivity index (χ4v) is 3.86. The molecule has 2 aromatic rings. The lowest BCUT2D eigenvalue weighted by molar-refractivity contribution is 0.0702. The number of rotatable bonds is 4. The zero-order valence-electron chi connectivity index (χ0n) is 10.3. The van der Waals surface area contributed by atoms with E-state index in [1.165, 1.54) is 30.6 Å². The number of hydrogen-bond donors (Lipinski definition) is 1. The Morgan fingerprint density at radius 2 is 2.00 bits per heavy atom. The first-order valence-electron chi connectivity index (χ1n) is 5.39. The molecular formula is C12H10FNO4S2. The zero-order chi connectivity index (χ0) is 14.9. The summed E-state index contributed by atoms with van der Waals surface area (Å²) in [6, 6.07) is 6.50. The Labute approximate surface area is 119 Å². The van der Waals surface area contributed by atoms with E-state index < -0.39 is 21.8 Å². The second kappa shape index (κ2) is 5.22. The average Bonchev–Trinajstić information content (AvgIpc) is 2.89. The molecule has 5 nitrogen and oxygen atoms in total. The van der Waals surface area contributed by atoms with E-state index >= 15 is 0 Å². The van der Waals surface area contributed by atoms with Crippen molar-refractivity contribution >= 4 is 33.0 Å². The van der Waals surface area contributed by atoms with Crippen LogP contribution in [0.2, 0.25) is 0 Å². The lowest BCUT2D eigenvalue weighted by Crippen LogP contribution is -2.27. The lowest BCUT2D eigenvalue weighted by atomic mass is 10.3. The molecule has 1 heterocycles. The molecule has 8 heteroatoms. The molecule has 106 valence electrons. The van der Waals surface area contributed by atoms with Gasteiger partial charge in [0.1, 0.15) is 10.7 Å². The van der Waals surface area contributed by atoms with Crippen LogP contribution in [0.4, 0.5) is 10.1 Å². The highest BCUT2D eigenvalue weighted by Crippen LogP contribution is 2.27. The fourth-order valence-electron chi connectivity index (χ4n) is 1.56.